The molecule has 2 heterocycles. The van der Waals surface area contributed by atoms with Gasteiger partial charge in [-0.2, -0.15) is 0 Å². The Balaban J connectivity index is 1.82. The van der Waals surface area contributed by atoms with Gasteiger partial charge in [-0.25, -0.2) is 4.79 Å². The molecule has 43 heteroatoms. The van der Waals surface area contributed by atoms with Crippen LogP contribution in [-0.4, -0.2) is 283 Å². The number of carboxylic acid groups (broad SMARTS) is 3. The van der Waals surface area contributed by atoms with Gasteiger partial charge in [-0.1, -0.05) is 52.7 Å². The highest BCUT2D eigenvalue weighted by molar-refractivity contribution is 6.01. The van der Waals surface area contributed by atoms with Crippen LogP contribution in [0.3, 0.4) is 0 Å². The van der Waals surface area contributed by atoms with Crippen LogP contribution in [0.2, 0.25) is 0 Å². The maximum Gasteiger partial charge on any atom is 0.326 e. The topological polar surface area (TPSA) is 713 Å². The summed E-state index contributed by atoms with van der Waals surface area (Å²) in [6.45, 7) is 4.39. The van der Waals surface area contributed by atoms with Crippen LogP contribution >= 0.6 is 0 Å². The molecule has 0 bridgehead atoms. The molecule has 0 radical (unpaired) electrons. The van der Waals surface area contributed by atoms with Gasteiger partial charge in [-0.05, 0) is 120 Å². The van der Waals surface area contributed by atoms with Crippen LogP contribution in [0, 0.1) is 11.8 Å². The molecule has 0 aliphatic carbocycles. The van der Waals surface area contributed by atoms with E-state index < -0.39 is 249 Å². The van der Waals surface area contributed by atoms with Crippen molar-refractivity contribution < 1.29 is 117 Å². The molecule has 3 rings (SSSR count). The lowest BCUT2D eigenvalue weighted by molar-refractivity contribution is -0.144. The number of aromatic hydroxyl groups is 1. The molecular weight excluding hydrogens is 1480 g/mol. The lowest BCUT2D eigenvalue weighted by Gasteiger charge is -2.31. The van der Waals surface area contributed by atoms with Gasteiger partial charge in [-0.15, -0.1) is 0 Å². The summed E-state index contributed by atoms with van der Waals surface area (Å²) in [4.78, 5) is 235. The second-order valence-electron chi connectivity index (χ2n) is 27.5. The largest absolute Gasteiger partial charge is 0.508 e. The number of guanidine groups is 1. The normalized spacial score (nSPS) is 17.6. The Morgan fingerprint density at radius 3 is 1.50 bits per heavy atom. The lowest BCUT2D eigenvalue weighted by atomic mass is 9.96. The van der Waals surface area contributed by atoms with Crippen LogP contribution < -0.4 is 87.2 Å². The predicted molar refractivity (Wildman–Crippen MR) is 394 cm³/mol. The number of nitrogens with zero attached hydrogens (tertiary/aromatic N) is 3. The number of unbranched alkanes of at least 4 members (excludes halogenated alkanes) is 1. The van der Waals surface area contributed by atoms with E-state index in [0.717, 1.165) is 16.7 Å². The quantitative estimate of drug-likeness (QED) is 0.0164. The highest BCUT2D eigenvalue weighted by Crippen LogP contribution is 2.22. The number of nitrogens with two attached hydrogens (primary N) is 5. The molecule has 626 valence electrons. The summed E-state index contributed by atoms with van der Waals surface area (Å²) in [5.41, 5.74) is 28.7. The van der Waals surface area contributed by atoms with E-state index in [-0.39, 0.29) is 102 Å². The van der Waals surface area contributed by atoms with Crippen LogP contribution in [-0.2, 0) is 87.9 Å². The number of carboxylic acids is 3. The number of carbonyl (C=O) groups is 17. The molecule has 43 nitrogen and oxygen atoms in total. The van der Waals surface area contributed by atoms with Crippen molar-refractivity contribution in [3.63, 3.8) is 0 Å². The van der Waals surface area contributed by atoms with E-state index in [4.69, 9.17) is 33.8 Å². The number of aliphatic imine (C=N–C) groups is 1. The average molecular weight is 1590 g/mol. The molecule has 16 atom stereocenters. The number of hydrogen-bond donors (Lipinski definition) is 23. The molecule has 14 amide bonds. The second kappa shape index (κ2) is 48.0. The van der Waals surface area contributed by atoms with Crippen LogP contribution in [0.4, 0.5) is 0 Å². The predicted octanol–water partition coefficient (Wildman–Crippen LogP) is -8.46. The average Bonchev–Trinajstić information content (AvgIpc) is 1.62. The first-order valence-electron chi connectivity index (χ1n) is 36.9. The summed E-state index contributed by atoms with van der Waals surface area (Å²) in [6, 6.07) is -14.9. The molecule has 2 fully saturated rings. The molecule has 0 unspecified atom stereocenters. The van der Waals surface area contributed by atoms with Crippen molar-refractivity contribution in [1.82, 2.24) is 68.3 Å². The first kappa shape index (κ1) is 95.3. The van der Waals surface area contributed by atoms with E-state index >= 15 is 0 Å². The Morgan fingerprint density at radius 2 is 0.982 bits per heavy atom. The molecule has 0 spiro atoms. The van der Waals surface area contributed by atoms with E-state index in [9.17, 15) is 112 Å². The fourth-order valence-electron chi connectivity index (χ4n) is 12.0. The van der Waals surface area contributed by atoms with Crippen LogP contribution in [0.5, 0.6) is 5.75 Å². The van der Waals surface area contributed by atoms with E-state index in [2.05, 4.69) is 63.5 Å². The maximum absolute atomic E-state index is 14.5. The Kier molecular flexibility index (Phi) is 40.8. The monoisotopic (exact) mass is 1590 g/mol. The second-order valence-corrected chi connectivity index (χ2v) is 27.5. The number of phenols is 1. The molecule has 28 N–H and O–H groups in total. The van der Waals surface area contributed by atoms with Gasteiger partial charge < -0.3 is 133 Å². The molecule has 112 heavy (non-hydrogen) atoms. The van der Waals surface area contributed by atoms with Gasteiger partial charge in [0.2, 0.25) is 82.7 Å². The maximum atomic E-state index is 14.5. The number of phenolic OH excluding ortho intramolecular Hbond substituents is 1. The molecule has 0 saturated carbocycles. The third kappa shape index (κ3) is 31.5. The van der Waals surface area contributed by atoms with Crippen LogP contribution in [0.1, 0.15) is 143 Å². The molecule has 1 aromatic rings. The third-order valence-corrected chi connectivity index (χ3v) is 18.9. The number of carbonyl (C=O) groups excluding carboxylic acids is 14. The number of rotatable bonds is 50. The minimum atomic E-state index is -2.03. The Bertz CT molecular complexity index is 3470. The summed E-state index contributed by atoms with van der Waals surface area (Å²) in [6.07, 6.45) is -3.77. The van der Waals surface area contributed by atoms with Crippen molar-refractivity contribution in [3.05, 3.63) is 29.8 Å². The van der Waals surface area contributed by atoms with E-state index in [1.807, 2.05) is 0 Å². The summed E-state index contributed by atoms with van der Waals surface area (Å²) in [5.74, 6) is -21.0. The Hall–Kier alpha value is -10.9. The zero-order valence-electron chi connectivity index (χ0n) is 63.3. The fraction of sp³-hybridized carbons (Fsp3) is 0.652. The molecule has 2 aliphatic rings. The highest BCUT2D eigenvalue weighted by Gasteiger charge is 2.43. The summed E-state index contributed by atoms with van der Waals surface area (Å²) in [7, 11) is 0. The summed E-state index contributed by atoms with van der Waals surface area (Å²) < 4.78 is 0. The SMILES string of the molecule is CC[C@H](C)[C@H](NC(=O)[C@H](CC(=O)O)NC(=O)[C@@H](NC(=O)[C@H](CO)NC(=O)[C@@H](NC(=O)[C@@H]1CCCN1C(=O)[C@H](CO)NC(=O)[C@@H](N)Cc1ccc(O)cc1)[C@@H](C)O)[C@@H](C)CC)C(=O)N[C@@H](CCCN=C(N)N)C(=O)N[C@@H](CCC(N)=O)C(=O)NCC(=O)N1CCC[C@H]1C(=O)N[C@@H](CCCCN)C(=O)N[C@@H](CCC(=O)O)C(=O)O. The number of nitrogens with one attached hydrogen (secondary N) is 11. The van der Waals surface area contributed by atoms with Gasteiger partial charge in [0.15, 0.2) is 5.96 Å². The smallest absolute Gasteiger partial charge is 0.326 e. The standard InChI is InChI=1S/C69H111N19O24/c1-6-34(3)53(64(107)79-41(14-10-26-75-69(73)74)58(101)77-42(21-23-49(72)93)57(100)76-31-50(94)87-27-11-15-47(87)62(105)78-40(13-8-9-25-70)59(102)80-43(68(111)112)22-24-51(95)96)84-60(103)44(30-52(97)98)81-65(108)54(35(4)7-2)85-61(104)45(32-89)82-66(109)55(36(5)91)86-63(106)48-16-12-28-88(48)67(110)46(33-90)83-56(99)39(71)29-37-17-19-38(92)20-18-37/h17-20,34-36,39-48,53-55,89-92H,6-16,21-33,70-71H2,1-5H3,(H2,72,93)(H,76,100)(H,77,101)(H,78,105)(H,79,107)(H,80,102)(H,81,108)(H,82,109)(H,83,99)(H,84,103)(H,85,104)(H,86,106)(H,95,96)(H,97,98)(H,111,112)(H4,73,74,75)/t34-,35-,36+,39-,40-,41-,42-,43-,44-,45-,46-,47-,48-,53-,54-,55-/m0/s1. The van der Waals surface area contributed by atoms with Crippen molar-refractivity contribution in [2.45, 2.75) is 228 Å². The van der Waals surface area contributed by atoms with Gasteiger partial charge >= 0.3 is 17.9 Å². The number of aliphatic carboxylic acids is 3. The number of benzene rings is 1. The number of primary amides is 1. The zero-order chi connectivity index (χ0) is 84.2. The highest BCUT2D eigenvalue weighted by atomic mass is 16.4. The molecule has 1 aromatic carbocycles. The van der Waals surface area contributed by atoms with Gasteiger partial charge in [0.25, 0.3) is 0 Å². The minimum Gasteiger partial charge on any atom is -0.508 e. The van der Waals surface area contributed by atoms with E-state index in [1.165, 1.54) is 38.1 Å². The fourth-order valence-corrected chi connectivity index (χ4v) is 12.0. The Morgan fingerprint density at radius 1 is 0.518 bits per heavy atom. The van der Waals surface area contributed by atoms with Gasteiger partial charge in [0.1, 0.15) is 78.3 Å². The number of hydrogen-bond acceptors (Lipinski definition) is 24. The minimum absolute atomic E-state index is 0.0129. The molecule has 2 aliphatic heterocycles. The number of aliphatic hydroxyl groups excluding tert-OH is 3. The Labute approximate surface area is 645 Å². The van der Waals surface area contributed by atoms with Gasteiger partial charge in [0.05, 0.1) is 38.3 Å². The summed E-state index contributed by atoms with van der Waals surface area (Å²) in [5, 5.41) is 95.9. The third-order valence-electron chi connectivity index (χ3n) is 18.9. The molecule has 2 saturated heterocycles. The van der Waals surface area contributed by atoms with E-state index in [0.29, 0.717) is 18.4 Å². The lowest BCUT2D eigenvalue weighted by Crippen LogP contribution is -2.63. The molecule has 0 aromatic heterocycles. The number of amides is 14. The van der Waals surface area contributed by atoms with Crippen molar-refractivity contribution >= 4 is 107 Å². The molecular formula is C69H111N19O24. The van der Waals surface area contributed by atoms with Gasteiger partial charge in [0, 0.05) is 32.5 Å². The van der Waals surface area contributed by atoms with Crippen molar-refractivity contribution in [3.8, 4) is 5.75 Å². The van der Waals surface area contributed by atoms with Crippen molar-refractivity contribution in [2.75, 3.05) is 45.9 Å². The number of aliphatic hydroxyl groups is 3. The number of likely N-dealkylation sites (tertiary alicyclic amines) is 2. The van der Waals surface area contributed by atoms with Gasteiger partial charge in [-0.3, -0.25) is 81.7 Å². The first-order chi connectivity index (χ1) is 52.8. The summed E-state index contributed by atoms with van der Waals surface area (Å²) >= 11 is 0. The first-order valence-corrected chi connectivity index (χ1v) is 36.9. The van der Waals surface area contributed by atoms with Crippen LogP contribution in [0.25, 0.3) is 0 Å². The van der Waals surface area contributed by atoms with Crippen LogP contribution in [0.15, 0.2) is 29.3 Å². The van der Waals surface area contributed by atoms with Crippen molar-refractivity contribution in [2.24, 2.45) is 45.5 Å². The van der Waals surface area contributed by atoms with E-state index in [1.54, 1.807) is 13.8 Å². The zero-order valence-corrected chi connectivity index (χ0v) is 63.3. The van der Waals surface area contributed by atoms with Crippen molar-refractivity contribution in [1.29, 1.82) is 0 Å².